The van der Waals surface area contributed by atoms with Gasteiger partial charge in [-0.25, -0.2) is 0 Å². The second-order valence-electron chi connectivity index (χ2n) is 6.33. The average Bonchev–Trinajstić information content (AvgIpc) is 2.88. The molecule has 3 N–H and O–H groups in total. The van der Waals surface area contributed by atoms with Gasteiger partial charge >= 0.3 is 0 Å². The van der Waals surface area contributed by atoms with Crippen LogP contribution < -0.4 is 11.1 Å². The molecule has 0 fully saturated rings. The molecule has 1 unspecified atom stereocenters. The molecular weight excluding hydrogens is 322 g/mol. The van der Waals surface area contributed by atoms with Crippen LogP contribution in [0.5, 0.6) is 0 Å². The molecule has 3 aromatic rings. The van der Waals surface area contributed by atoms with Gasteiger partial charge in [0.05, 0.1) is 23.1 Å². The summed E-state index contributed by atoms with van der Waals surface area (Å²) in [6.07, 6.45) is 0.745. The van der Waals surface area contributed by atoms with Gasteiger partial charge in [-0.3, -0.25) is 9.79 Å². The molecule has 4 nitrogen and oxygen atoms in total. The molecule has 0 saturated carbocycles. The van der Waals surface area contributed by atoms with Crippen LogP contribution >= 0.6 is 0 Å². The zero-order chi connectivity index (χ0) is 17.9. The third-order valence-corrected chi connectivity index (χ3v) is 4.59. The van der Waals surface area contributed by atoms with Crippen molar-refractivity contribution in [1.82, 2.24) is 0 Å². The third kappa shape index (κ3) is 3.22. The number of hydrogen-bond acceptors (Lipinski definition) is 3. The summed E-state index contributed by atoms with van der Waals surface area (Å²) in [7, 11) is 0. The molecule has 0 aliphatic carbocycles. The van der Waals surface area contributed by atoms with Gasteiger partial charge in [0.1, 0.15) is 0 Å². The minimum atomic E-state index is -0.415. The topological polar surface area (TPSA) is 67.5 Å². The van der Waals surface area contributed by atoms with Crippen molar-refractivity contribution in [1.29, 1.82) is 0 Å². The Morgan fingerprint density at radius 1 is 0.923 bits per heavy atom. The molecule has 26 heavy (non-hydrogen) atoms. The minimum Gasteiger partial charge on any atom is -0.376 e. The maximum absolute atomic E-state index is 11.3. The van der Waals surface area contributed by atoms with Crippen molar-refractivity contribution in [2.45, 2.75) is 12.5 Å². The lowest BCUT2D eigenvalue weighted by Crippen LogP contribution is -2.15. The Kier molecular flexibility index (Phi) is 4.23. The summed E-state index contributed by atoms with van der Waals surface area (Å²) >= 11 is 0. The van der Waals surface area contributed by atoms with Crippen LogP contribution in [0.15, 0.2) is 83.9 Å². The smallest absolute Gasteiger partial charge is 0.248 e. The van der Waals surface area contributed by atoms with E-state index in [1.807, 2.05) is 54.6 Å². The number of anilines is 1. The number of amides is 1. The number of aliphatic imine (C=N–C) groups is 1. The predicted molar refractivity (Wildman–Crippen MR) is 105 cm³/mol. The first-order chi connectivity index (χ1) is 12.7. The Labute approximate surface area is 152 Å². The number of nitrogens with two attached hydrogens (primary N) is 1. The summed E-state index contributed by atoms with van der Waals surface area (Å²) in [6.45, 7) is 0. The van der Waals surface area contributed by atoms with E-state index >= 15 is 0 Å². The fourth-order valence-electron chi connectivity index (χ4n) is 3.21. The number of rotatable bonds is 3. The fourth-order valence-corrected chi connectivity index (χ4v) is 3.21. The van der Waals surface area contributed by atoms with Crippen molar-refractivity contribution in [3.8, 4) is 0 Å². The normalized spacial score (nSPS) is 16.0. The summed E-state index contributed by atoms with van der Waals surface area (Å²) < 4.78 is 0. The van der Waals surface area contributed by atoms with Crippen LogP contribution in [0, 0.1) is 0 Å². The molecule has 1 atom stereocenters. The first kappa shape index (κ1) is 16.1. The van der Waals surface area contributed by atoms with Crippen molar-refractivity contribution in [3.63, 3.8) is 0 Å². The standard InChI is InChI=1S/C22H19N3O/c23-22(26)17-12-10-16(11-13-17)21-14-20(15-6-2-1-3-7-15)24-18-8-4-5-9-19(18)25-21/h1-13,21,25H,14H2,(H2,23,26). The van der Waals surface area contributed by atoms with Crippen LogP contribution in [-0.2, 0) is 0 Å². The predicted octanol–water partition coefficient (Wildman–Crippen LogP) is 4.46. The van der Waals surface area contributed by atoms with E-state index in [0.717, 1.165) is 34.6 Å². The van der Waals surface area contributed by atoms with Crippen LogP contribution in [0.1, 0.15) is 33.9 Å². The van der Waals surface area contributed by atoms with Crippen LogP contribution in [0.3, 0.4) is 0 Å². The monoisotopic (exact) mass is 341 g/mol. The molecule has 0 aromatic heterocycles. The van der Waals surface area contributed by atoms with Gasteiger partial charge in [-0.05, 0) is 35.4 Å². The fraction of sp³-hybridized carbons (Fsp3) is 0.0909. The van der Waals surface area contributed by atoms with E-state index < -0.39 is 5.91 Å². The SMILES string of the molecule is NC(=O)c1ccc(C2CC(c3ccccc3)=Nc3ccccc3N2)cc1. The van der Waals surface area contributed by atoms with E-state index in [0.29, 0.717) is 5.56 Å². The first-order valence-electron chi connectivity index (χ1n) is 8.59. The Balaban J connectivity index is 1.75. The maximum atomic E-state index is 11.3. The number of nitrogens with one attached hydrogen (secondary N) is 1. The number of benzene rings is 3. The molecule has 1 aliphatic heterocycles. The summed E-state index contributed by atoms with van der Waals surface area (Å²) in [4.78, 5) is 16.2. The Morgan fingerprint density at radius 2 is 1.62 bits per heavy atom. The summed E-state index contributed by atoms with van der Waals surface area (Å²) in [5.74, 6) is -0.415. The molecule has 4 rings (SSSR count). The molecule has 0 spiro atoms. The first-order valence-corrected chi connectivity index (χ1v) is 8.59. The number of carbonyl (C=O) groups is 1. The number of fused-ring (bicyclic) bond motifs is 1. The van der Waals surface area contributed by atoms with Crippen molar-refractivity contribution >= 4 is 23.0 Å². The van der Waals surface area contributed by atoms with Gasteiger partial charge < -0.3 is 11.1 Å². The average molecular weight is 341 g/mol. The van der Waals surface area contributed by atoms with Gasteiger partial charge in [0.2, 0.25) is 5.91 Å². The van der Waals surface area contributed by atoms with Crippen molar-refractivity contribution < 1.29 is 4.79 Å². The van der Waals surface area contributed by atoms with E-state index in [-0.39, 0.29) is 6.04 Å². The third-order valence-electron chi connectivity index (χ3n) is 4.59. The zero-order valence-corrected chi connectivity index (χ0v) is 14.2. The van der Waals surface area contributed by atoms with Gasteiger partial charge in [-0.1, -0.05) is 54.6 Å². The molecular formula is C22H19N3O. The highest BCUT2D eigenvalue weighted by Gasteiger charge is 2.21. The quantitative estimate of drug-likeness (QED) is 0.738. The van der Waals surface area contributed by atoms with Crippen LogP contribution in [0.4, 0.5) is 11.4 Å². The number of carbonyl (C=O) groups excluding carboxylic acids is 1. The van der Waals surface area contributed by atoms with E-state index in [4.69, 9.17) is 10.7 Å². The van der Waals surface area contributed by atoms with Crippen LogP contribution in [0.2, 0.25) is 0 Å². The second-order valence-corrected chi connectivity index (χ2v) is 6.33. The largest absolute Gasteiger partial charge is 0.376 e. The van der Waals surface area contributed by atoms with E-state index in [1.165, 1.54) is 0 Å². The molecule has 3 aromatic carbocycles. The van der Waals surface area contributed by atoms with E-state index in [2.05, 4.69) is 17.4 Å². The van der Waals surface area contributed by atoms with E-state index in [1.54, 1.807) is 12.1 Å². The van der Waals surface area contributed by atoms with Crippen LogP contribution in [-0.4, -0.2) is 11.6 Å². The van der Waals surface area contributed by atoms with Crippen molar-refractivity contribution in [3.05, 3.63) is 95.6 Å². The molecule has 128 valence electrons. The highest BCUT2D eigenvalue weighted by molar-refractivity contribution is 6.04. The molecule has 4 heteroatoms. The molecule has 0 saturated heterocycles. The van der Waals surface area contributed by atoms with E-state index in [9.17, 15) is 4.79 Å². The Hall–Kier alpha value is -3.40. The highest BCUT2D eigenvalue weighted by Crippen LogP contribution is 2.35. The molecule has 1 aliphatic rings. The van der Waals surface area contributed by atoms with Gasteiger partial charge in [0.25, 0.3) is 0 Å². The highest BCUT2D eigenvalue weighted by atomic mass is 16.1. The lowest BCUT2D eigenvalue weighted by atomic mass is 9.96. The van der Waals surface area contributed by atoms with Gasteiger partial charge in [0.15, 0.2) is 0 Å². The molecule has 1 heterocycles. The number of para-hydroxylation sites is 2. The second kappa shape index (κ2) is 6.84. The van der Waals surface area contributed by atoms with Crippen LogP contribution in [0.25, 0.3) is 0 Å². The minimum absolute atomic E-state index is 0.0551. The van der Waals surface area contributed by atoms with Crippen molar-refractivity contribution in [2.24, 2.45) is 10.7 Å². The number of nitrogens with zero attached hydrogens (tertiary/aromatic N) is 1. The lowest BCUT2D eigenvalue weighted by molar-refractivity contribution is 0.100. The Bertz CT molecular complexity index is 962. The van der Waals surface area contributed by atoms with Gasteiger partial charge in [0, 0.05) is 12.0 Å². The number of hydrogen-bond donors (Lipinski definition) is 2. The molecule has 0 radical (unpaired) electrons. The summed E-state index contributed by atoms with van der Waals surface area (Å²) in [5, 5.41) is 3.59. The number of primary amides is 1. The molecule has 0 bridgehead atoms. The maximum Gasteiger partial charge on any atom is 0.248 e. The summed E-state index contributed by atoms with van der Waals surface area (Å²) in [6, 6.07) is 25.8. The molecule has 1 amide bonds. The van der Waals surface area contributed by atoms with Crippen molar-refractivity contribution in [2.75, 3.05) is 5.32 Å². The Morgan fingerprint density at radius 3 is 2.35 bits per heavy atom. The zero-order valence-electron chi connectivity index (χ0n) is 14.2. The summed E-state index contributed by atoms with van der Waals surface area (Å²) in [5.41, 5.74) is 11.0. The van der Waals surface area contributed by atoms with Gasteiger partial charge in [-0.2, -0.15) is 0 Å². The lowest BCUT2D eigenvalue weighted by Gasteiger charge is -2.19. The van der Waals surface area contributed by atoms with Gasteiger partial charge in [-0.15, -0.1) is 0 Å².